The van der Waals surface area contributed by atoms with E-state index in [1.54, 1.807) is 6.07 Å². The number of rotatable bonds is 7. The van der Waals surface area contributed by atoms with E-state index in [4.69, 9.17) is 28.3 Å². The average Bonchev–Trinajstić information content (AvgIpc) is 2.37. The maximum absolute atomic E-state index is 8.96. The van der Waals surface area contributed by atoms with Gasteiger partial charge in [0.05, 0.1) is 0 Å². The van der Waals surface area contributed by atoms with Crippen LogP contribution in [-0.4, -0.2) is 18.3 Å². The number of halogens is 2. The summed E-state index contributed by atoms with van der Waals surface area (Å²) in [6, 6.07) is 5.67. The number of aliphatic hydroxyl groups excluding tert-OH is 1. The number of aliphatic hydroxyl groups is 1. The van der Waals surface area contributed by atoms with E-state index in [0.717, 1.165) is 30.0 Å². The molecule has 0 saturated carbocycles. The van der Waals surface area contributed by atoms with Gasteiger partial charge in [-0.05, 0) is 49.6 Å². The predicted octanol–water partition coefficient (Wildman–Crippen LogP) is 4.05. The zero-order valence-electron chi connectivity index (χ0n) is 10.9. The predicted molar refractivity (Wildman–Crippen MR) is 78.4 cm³/mol. The fraction of sp³-hybridized carbons (Fsp3) is 0.571. The molecule has 1 aromatic carbocycles. The summed E-state index contributed by atoms with van der Waals surface area (Å²) in [6.07, 6.45) is 1.89. The van der Waals surface area contributed by atoms with Crippen LogP contribution in [0.5, 0.6) is 0 Å². The third-order valence-electron chi connectivity index (χ3n) is 3.25. The lowest BCUT2D eigenvalue weighted by molar-refractivity contribution is 0.249. The minimum Gasteiger partial charge on any atom is -0.396 e. The topological polar surface area (TPSA) is 32.3 Å². The highest BCUT2D eigenvalue weighted by molar-refractivity contribution is 6.33. The van der Waals surface area contributed by atoms with E-state index in [-0.39, 0.29) is 12.6 Å². The molecule has 18 heavy (non-hydrogen) atoms. The Morgan fingerprint density at radius 1 is 1.33 bits per heavy atom. The standard InChI is InChI=1S/C14H21Cl2NO/c1-3-11(6-7-18)9-17-10(2)13-8-12(15)4-5-14(13)16/h4-5,8,10-11,17-18H,3,6-7,9H2,1-2H3. The van der Waals surface area contributed by atoms with Crippen LogP contribution in [0.15, 0.2) is 18.2 Å². The van der Waals surface area contributed by atoms with Gasteiger partial charge in [0.15, 0.2) is 0 Å². The van der Waals surface area contributed by atoms with Crippen LogP contribution >= 0.6 is 23.2 Å². The Morgan fingerprint density at radius 3 is 2.67 bits per heavy atom. The van der Waals surface area contributed by atoms with Gasteiger partial charge in [-0.25, -0.2) is 0 Å². The molecule has 102 valence electrons. The smallest absolute Gasteiger partial charge is 0.0454 e. The highest BCUT2D eigenvalue weighted by Gasteiger charge is 2.12. The molecule has 0 radical (unpaired) electrons. The maximum Gasteiger partial charge on any atom is 0.0454 e. The Bertz CT molecular complexity index is 371. The first-order valence-electron chi connectivity index (χ1n) is 6.37. The molecule has 0 heterocycles. The van der Waals surface area contributed by atoms with Crippen molar-refractivity contribution >= 4 is 23.2 Å². The average molecular weight is 290 g/mol. The molecule has 4 heteroatoms. The number of nitrogens with one attached hydrogen (secondary N) is 1. The molecular formula is C14H21Cl2NO. The largest absolute Gasteiger partial charge is 0.396 e. The summed E-state index contributed by atoms with van der Waals surface area (Å²) >= 11 is 12.1. The van der Waals surface area contributed by atoms with Gasteiger partial charge in [-0.3, -0.25) is 0 Å². The molecule has 2 atom stereocenters. The van der Waals surface area contributed by atoms with Crippen LogP contribution in [0.1, 0.15) is 38.3 Å². The van der Waals surface area contributed by atoms with Crippen molar-refractivity contribution in [3.8, 4) is 0 Å². The molecule has 1 rings (SSSR count). The quantitative estimate of drug-likeness (QED) is 0.794. The van der Waals surface area contributed by atoms with Crippen molar-refractivity contribution in [2.24, 2.45) is 5.92 Å². The van der Waals surface area contributed by atoms with Crippen molar-refractivity contribution in [3.05, 3.63) is 33.8 Å². The first-order chi connectivity index (χ1) is 8.58. The van der Waals surface area contributed by atoms with Gasteiger partial charge in [-0.2, -0.15) is 0 Å². The fourth-order valence-electron chi connectivity index (χ4n) is 1.93. The van der Waals surface area contributed by atoms with E-state index in [1.165, 1.54) is 0 Å². The van der Waals surface area contributed by atoms with Crippen LogP contribution < -0.4 is 5.32 Å². The molecule has 2 nitrogen and oxygen atoms in total. The fourth-order valence-corrected chi connectivity index (χ4v) is 2.39. The van der Waals surface area contributed by atoms with Gasteiger partial charge in [0.2, 0.25) is 0 Å². The second-order valence-electron chi connectivity index (χ2n) is 4.58. The van der Waals surface area contributed by atoms with Crippen LogP contribution in [0.3, 0.4) is 0 Å². The zero-order chi connectivity index (χ0) is 13.5. The summed E-state index contributed by atoms with van der Waals surface area (Å²) in [5.41, 5.74) is 1.02. The Labute approximate surface area is 119 Å². The molecular weight excluding hydrogens is 269 g/mol. The molecule has 0 aliphatic rings. The van der Waals surface area contributed by atoms with Crippen molar-refractivity contribution in [2.75, 3.05) is 13.2 Å². The molecule has 2 unspecified atom stereocenters. The van der Waals surface area contributed by atoms with Gasteiger partial charge in [-0.1, -0.05) is 36.5 Å². The Hall–Kier alpha value is -0.280. The molecule has 1 aromatic rings. The van der Waals surface area contributed by atoms with Crippen molar-refractivity contribution in [3.63, 3.8) is 0 Å². The molecule has 0 fully saturated rings. The zero-order valence-corrected chi connectivity index (χ0v) is 12.4. The molecule has 0 bridgehead atoms. The lowest BCUT2D eigenvalue weighted by Crippen LogP contribution is -2.26. The van der Waals surface area contributed by atoms with E-state index in [1.807, 2.05) is 12.1 Å². The van der Waals surface area contributed by atoms with Gasteiger partial charge < -0.3 is 10.4 Å². The normalized spacial score (nSPS) is 14.5. The summed E-state index contributed by atoms with van der Waals surface area (Å²) in [6.45, 7) is 5.33. The van der Waals surface area contributed by atoms with E-state index < -0.39 is 0 Å². The number of hydrogen-bond donors (Lipinski definition) is 2. The summed E-state index contributed by atoms with van der Waals surface area (Å²) in [5.74, 6) is 0.496. The summed E-state index contributed by atoms with van der Waals surface area (Å²) in [4.78, 5) is 0. The van der Waals surface area contributed by atoms with Crippen LogP contribution in [0.2, 0.25) is 10.0 Å². The molecule has 2 N–H and O–H groups in total. The maximum atomic E-state index is 8.96. The van der Waals surface area contributed by atoms with E-state index >= 15 is 0 Å². The van der Waals surface area contributed by atoms with Crippen molar-refractivity contribution in [2.45, 2.75) is 32.7 Å². The van der Waals surface area contributed by atoms with E-state index in [9.17, 15) is 0 Å². The Balaban J connectivity index is 2.59. The number of hydrogen-bond acceptors (Lipinski definition) is 2. The van der Waals surface area contributed by atoms with Gasteiger partial charge >= 0.3 is 0 Å². The highest BCUT2D eigenvalue weighted by Crippen LogP contribution is 2.26. The highest BCUT2D eigenvalue weighted by atomic mass is 35.5. The number of benzene rings is 1. The molecule has 0 aromatic heterocycles. The van der Waals surface area contributed by atoms with Gasteiger partial charge in [0.1, 0.15) is 0 Å². The van der Waals surface area contributed by atoms with Crippen molar-refractivity contribution < 1.29 is 5.11 Å². The van der Waals surface area contributed by atoms with Crippen LogP contribution in [0.25, 0.3) is 0 Å². The summed E-state index contributed by atoms with van der Waals surface area (Å²) in [7, 11) is 0. The van der Waals surface area contributed by atoms with Crippen molar-refractivity contribution in [1.29, 1.82) is 0 Å². The molecule has 0 aliphatic heterocycles. The van der Waals surface area contributed by atoms with Gasteiger partial charge in [-0.15, -0.1) is 0 Å². The van der Waals surface area contributed by atoms with Crippen LogP contribution in [0.4, 0.5) is 0 Å². The second kappa shape index (κ2) is 8.00. The van der Waals surface area contributed by atoms with Crippen LogP contribution in [0, 0.1) is 5.92 Å². The third-order valence-corrected chi connectivity index (χ3v) is 3.83. The first-order valence-corrected chi connectivity index (χ1v) is 7.13. The van der Waals surface area contributed by atoms with E-state index in [2.05, 4.69) is 19.2 Å². The van der Waals surface area contributed by atoms with E-state index in [0.29, 0.717) is 10.9 Å². The lowest BCUT2D eigenvalue weighted by Gasteiger charge is -2.20. The summed E-state index contributed by atoms with van der Waals surface area (Å²) in [5, 5.41) is 13.8. The molecule has 0 spiro atoms. The Kier molecular flexibility index (Phi) is 7.02. The molecule has 0 amide bonds. The lowest BCUT2D eigenvalue weighted by atomic mass is 10.0. The first kappa shape index (κ1) is 15.8. The SMILES string of the molecule is CCC(CCO)CNC(C)c1cc(Cl)ccc1Cl. The third kappa shape index (κ3) is 4.77. The van der Waals surface area contributed by atoms with Crippen molar-refractivity contribution in [1.82, 2.24) is 5.32 Å². The second-order valence-corrected chi connectivity index (χ2v) is 5.43. The Morgan fingerprint density at radius 2 is 2.06 bits per heavy atom. The van der Waals surface area contributed by atoms with Gasteiger partial charge in [0, 0.05) is 22.7 Å². The van der Waals surface area contributed by atoms with Crippen LogP contribution in [-0.2, 0) is 0 Å². The minimum atomic E-state index is 0.156. The van der Waals surface area contributed by atoms with Gasteiger partial charge in [0.25, 0.3) is 0 Å². The molecule has 0 saturated heterocycles. The molecule has 0 aliphatic carbocycles. The monoisotopic (exact) mass is 289 g/mol. The summed E-state index contributed by atoms with van der Waals surface area (Å²) < 4.78 is 0. The minimum absolute atomic E-state index is 0.156.